The first-order chi connectivity index (χ1) is 9.20. The highest BCUT2D eigenvalue weighted by Gasteiger charge is 2.39. The van der Waals surface area contributed by atoms with E-state index >= 15 is 0 Å². The number of imidazole rings is 1. The Bertz CT molecular complexity index is 636. The van der Waals surface area contributed by atoms with Gasteiger partial charge in [0.15, 0.2) is 5.65 Å². The molecule has 0 aliphatic heterocycles. The van der Waals surface area contributed by atoms with Crippen molar-refractivity contribution in [1.29, 1.82) is 0 Å². The molecule has 2 saturated carbocycles. The number of fused-ring (bicyclic) bond motifs is 3. The predicted molar refractivity (Wildman–Crippen MR) is 75.9 cm³/mol. The van der Waals surface area contributed by atoms with Gasteiger partial charge in [-0.25, -0.2) is 9.97 Å². The SMILES string of the molecule is Nc1nc2cc(Cl)cnc2n1CC1CC2CCC1C2. The molecule has 2 fully saturated rings. The first-order valence-corrected chi connectivity index (χ1v) is 7.36. The van der Waals surface area contributed by atoms with Crippen LogP contribution in [0.5, 0.6) is 0 Å². The van der Waals surface area contributed by atoms with E-state index in [1.165, 1.54) is 25.7 Å². The largest absolute Gasteiger partial charge is 0.369 e. The van der Waals surface area contributed by atoms with Crippen LogP contribution in [0.4, 0.5) is 5.95 Å². The molecule has 3 unspecified atom stereocenters. The lowest BCUT2D eigenvalue weighted by Crippen LogP contribution is -2.18. The highest BCUT2D eigenvalue weighted by Crippen LogP contribution is 2.49. The summed E-state index contributed by atoms with van der Waals surface area (Å²) in [5.41, 5.74) is 7.71. The third-order valence-corrected chi connectivity index (χ3v) is 5.09. The van der Waals surface area contributed by atoms with Crippen LogP contribution in [0, 0.1) is 17.8 Å². The Morgan fingerprint density at radius 3 is 3.00 bits per heavy atom. The molecule has 0 radical (unpaired) electrons. The third-order valence-electron chi connectivity index (χ3n) is 4.88. The maximum atomic E-state index is 6.05. The Hall–Kier alpha value is -1.29. The fraction of sp³-hybridized carbons (Fsp3) is 0.571. The number of nitrogens with two attached hydrogens (primary N) is 1. The van der Waals surface area contributed by atoms with Crippen molar-refractivity contribution in [2.24, 2.45) is 17.8 Å². The molecule has 3 atom stereocenters. The van der Waals surface area contributed by atoms with Gasteiger partial charge < -0.3 is 5.73 Å². The number of nitrogen functional groups attached to an aromatic ring is 1. The van der Waals surface area contributed by atoms with Crippen LogP contribution in [-0.4, -0.2) is 14.5 Å². The molecule has 0 aromatic carbocycles. The van der Waals surface area contributed by atoms with E-state index in [0.29, 0.717) is 11.0 Å². The van der Waals surface area contributed by atoms with E-state index in [1.54, 1.807) is 6.20 Å². The highest BCUT2D eigenvalue weighted by molar-refractivity contribution is 6.31. The zero-order valence-electron chi connectivity index (χ0n) is 10.7. The second-order valence-electron chi connectivity index (χ2n) is 6.01. The van der Waals surface area contributed by atoms with Crippen molar-refractivity contribution in [1.82, 2.24) is 14.5 Å². The van der Waals surface area contributed by atoms with Gasteiger partial charge in [0.1, 0.15) is 5.52 Å². The molecule has 2 aliphatic carbocycles. The molecule has 2 aromatic rings. The Labute approximate surface area is 117 Å². The molecule has 0 saturated heterocycles. The van der Waals surface area contributed by atoms with Crippen LogP contribution in [0.25, 0.3) is 11.2 Å². The van der Waals surface area contributed by atoms with Gasteiger partial charge in [0.2, 0.25) is 5.95 Å². The van der Waals surface area contributed by atoms with Crippen molar-refractivity contribution >= 4 is 28.7 Å². The first-order valence-electron chi connectivity index (χ1n) is 6.98. The molecule has 100 valence electrons. The molecular formula is C14H17ClN4. The quantitative estimate of drug-likeness (QED) is 0.917. The fourth-order valence-corrected chi connectivity index (χ4v) is 4.17. The normalized spacial score (nSPS) is 29.4. The molecule has 2 bridgehead atoms. The highest BCUT2D eigenvalue weighted by atomic mass is 35.5. The molecule has 5 heteroatoms. The van der Waals surface area contributed by atoms with Crippen molar-refractivity contribution in [3.8, 4) is 0 Å². The lowest BCUT2D eigenvalue weighted by atomic mass is 9.89. The maximum absolute atomic E-state index is 6.05. The van der Waals surface area contributed by atoms with Gasteiger partial charge in [-0.1, -0.05) is 18.0 Å². The van der Waals surface area contributed by atoms with Gasteiger partial charge in [0, 0.05) is 12.7 Å². The summed E-state index contributed by atoms with van der Waals surface area (Å²) in [7, 11) is 0. The summed E-state index contributed by atoms with van der Waals surface area (Å²) >= 11 is 5.95. The van der Waals surface area contributed by atoms with E-state index in [1.807, 2.05) is 6.07 Å². The van der Waals surface area contributed by atoms with Gasteiger partial charge in [-0.3, -0.25) is 4.57 Å². The molecule has 4 nitrogen and oxygen atoms in total. The van der Waals surface area contributed by atoms with Gasteiger partial charge in [-0.2, -0.15) is 0 Å². The van der Waals surface area contributed by atoms with E-state index in [2.05, 4.69) is 14.5 Å². The fourth-order valence-electron chi connectivity index (χ4n) is 4.02. The Morgan fingerprint density at radius 1 is 1.37 bits per heavy atom. The van der Waals surface area contributed by atoms with Crippen molar-refractivity contribution in [3.63, 3.8) is 0 Å². The minimum absolute atomic E-state index is 0.563. The van der Waals surface area contributed by atoms with Gasteiger partial charge in [0.25, 0.3) is 0 Å². The number of anilines is 1. The molecule has 19 heavy (non-hydrogen) atoms. The van der Waals surface area contributed by atoms with Crippen molar-refractivity contribution in [2.45, 2.75) is 32.2 Å². The average Bonchev–Trinajstić information content (AvgIpc) is 3.05. The second kappa shape index (κ2) is 4.10. The maximum Gasteiger partial charge on any atom is 0.202 e. The van der Waals surface area contributed by atoms with E-state index in [4.69, 9.17) is 17.3 Å². The summed E-state index contributed by atoms with van der Waals surface area (Å²) in [5.74, 6) is 3.14. The molecule has 2 aromatic heterocycles. The standard InChI is InChI=1S/C14H17ClN4/c15-11-5-12-13(17-6-11)19(14(16)18-12)7-10-4-8-1-2-9(10)3-8/h5-6,8-10H,1-4,7H2,(H2,16,18). The van der Waals surface area contributed by atoms with Crippen LogP contribution in [0.1, 0.15) is 25.7 Å². The van der Waals surface area contributed by atoms with Crippen LogP contribution in [-0.2, 0) is 6.54 Å². The molecule has 0 spiro atoms. The van der Waals surface area contributed by atoms with Crippen LogP contribution < -0.4 is 5.73 Å². The molecular weight excluding hydrogens is 260 g/mol. The number of halogens is 1. The Morgan fingerprint density at radius 2 is 2.26 bits per heavy atom. The summed E-state index contributed by atoms with van der Waals surface area (Å²) in [6, 6.07) is 1.83. The molecule has 0 amide bonds. The topological polar surface area (TPSA) is 56.7 Å². The summed E-state index contributed by atoms with van der Waals surface area (Å²) < 4.78 is 2.07. The van der Waals surface area contributed by atoms with Crippen molar-refractivity contribution in [2.75, 3.05) is 5.73 Å². The number of aromatic nitrogens is 3. The lowest BCUT2D eigenvalue weighted by Gasteiger charge is -2.22. The van der Waals surface area contributed by atoms with Gasteiger partial charge >= 0.3 is 0 Å². The van der Waals surface area contributed by atoms with Gasteiger partial charge in [0.05, 0.1) is 5.02 Å². The summed E-state index contributed by atoms with van der Waals surface area (Å²) in [6.07, 6.45) is 7.24. The van der Waals surface area contributed by atoms with Gasteiger partial charge in [-0.15, -0.1) is 0 Å². The van der Waals surface area contributed by atoms with E-state index < -0.39 is 0 Å². The molecule has 4 rings (SSSR count). The third kappa shape index (κ3) is 1.81. The van der Waals surface area contributed by atoms with Crippen molar-refractivity contribution in [3.05, 3.63) is 17.3 Å². The number of nitrogens with zero attached hydrogens (tertiary/aromatic N) is 3. The molecule has 2 heterocycles. The van der Waals surface area contributed by atoms with E-state index in [-0.39, 0.29) is 0 Å². The molecule has 2 N–H and O–H groups in total. The van der Waals surface area contributed by atoms with E-state index in [9.17, 15) is 0 Å². The smallest absolute Gasteiger partial charge is 0.202 e. The zero-order valence-corrected chi connectivity index (χ0v) is 11.5. The monoisotopic (exact) mass is 276 g/mol. The Kier molecular flexibility index (Phi) is 2.49. The second-order valence-corrected chi connectivity index (χ2v) is 6.45. The van der Waals surface area contributed by atoms with E-state index in [0.717, 1.165) is 35.5 Å². The first kappa shape index (κ1) is 11.5. The van der Waals surface area contributed by atoms with Crippen LogP contribution >= 0.6 is 11.6 Å². The van der Waals surface area contributed by atoms with Crippen LogP contribution in [0.3, 0.4) is 0 Å². The number of rotatable bonds is 2. The van der Waals surface area contributed by atoms with Crippen molar-refractivity contribution < 1.29 is 0 Å². The average molecular weight is 277 g/mol. The minimum Gasteiger partial charge on any atom is -0.369 e. The van der Waals surface area contributed by atoms with Crippen LogP contribution in [0.15, 0.2) is 12.3 Å². The van der Waals surface area contributed by atoms with Crippen LogP contribution in [0.2, 0.25) is 5.02 Å². The predicted octanol–water partition coefficient (Wildman–Crippen LogP) is 3.10. The summed E-state index contributed by atoms with van der Waals surface area (Å²) in [6.45, 7) is 0.956. The van der Waals surface area contributed by atoms with Gasteiger partial charge in [-0.05, 0) is 43.1 Å². The number of hydrogen-bond donors (Lipinski definition) is 1. The number of pyridine rings is 1. The number of hydrogen-bond acceptors (Lipinski definition) is 3. The Balaban J connectivity index is 1.69. The molecule has 2 aliphatic rings. The zero-order chi connectivity index (χ0) is 13.0. The minimum atomic E-state index is 0.563. The summed E-state index contributed by atoms with van der Waals surface area (Å²) in [4.78, 5) is 8.77. The lowest BCUT2D eigenvalue weighted by molar-refractivity contribution is 0.299. The summed E-state index contributed by atoms with van der Waals surface area (Å²) in [5, 5.41) is 0.608.